The van der Waals surface area contributed by atoms with Gasteiger partial charge in [0.1, 0.15) is 0 Å². The van der Waals surface area contributed by atoms with Crippen LogP contribution in [-0.2, 0) is 0 Å². The number of rotatable bonds is 3. The Morgan fingerprint density at radius 2 is 2.15 bits per heavy atom. The van der Waals surface area contributed by atoms with Crippen molar-refractivity contribution in [1.82, 2.24) is 0 Å². The van der Waals surface area contributed by atoms with E-state index in [1.807, 2.05) is 23.9 Å². The Hall–Kier alpha value is 0.340. The largest absolute Gasteiger partial charge is 0.124 e. The Morgan fingerprint density at radius 1 is 1.46 bits per heavy atom. The lowest BCUT2D eigenvalue weighted by atomic mass is 10.3. The summed E-state index contributed by atoms with van der Waals surface area (Å²) in [4.78, 5) is 1.16. The van der Waals surface area contributed by atoms with E-state index in [2.05, 4.69) is 35.8 Å². The fourth-order valence-corrected chi connectivity index (χ4v) is 2.57. The van der Waals surface area contributed by atoms with Gasteiger partial charge in [-0.3, -0.25) is 0 Å². The summed E-state index contributed by atoms with van der Waals surface area (Å²) in [6, 6.07) is 5.95. The van der Waals surface area contributed by atoms with Crippen LogP contribution in [0.5, 0.6) is 0 Å². The second-order valence-corrected chi connectivity index (χ2v) is 5.66. The standard InChI is InChI=1S/C10H12BrClS/c1-7(2)6-13-10-5-8(11)3-4-9(10)12/h3-5,7H,6H2,1-2H3. The number of hydrogen-bond acceptors (Lipinski definition) is 1. The molecule has 0 spiro atoms. The van der Waals surface area contributed by atoms with E-state index in [4.69, 9.17) is 11.6 Å². The first-order valence-corrected chi connectivity index (χ1v) is 6.33. The number of halogens is 2. The van der Waals surface area contributed by atoms with Gasteiger partial charge in [-0.2, -0.15) is 0 Å². The predicted octanol–water partition coefficient (Wildman–Crippen LogP) is 4.85. The molecule has 0 unspecified atom stereocenters. The van der Waals surface area contributed by atoms with Gasteiger partial charge in [0.2, 0.25) is 0 Å². The molecule has 0 aromatic heterocycles. The molecule has 0 nitrogen and oxygen atoms in total. The Bertz CT molecular complexity index is 286. The van der Waals surface area contributed by atoms with Crippen molar-refractivity contribution in [3.8, 4) is 0 Å². The van der Waals surface area contributed by atoms with Crippen LogP contribution in [0.3, 0.4) is 0 Å². The van der Waals surface area contributed by atoms with E-state index in [0.29, 0.717) is 5.92 Å². The molecule has 0 aliphatic carbocycles. The molecule has 72 valence electrons. The molecule has 1 aromatic rings. The van der Waals surface area contributed by atoms with Crippen molar-refractivity contribution in [2.75, 3.05) is 5.75 Å². The van der Waals surface area contributed by atoms with E-state index < -0.39 is 0 Å². The lowest BCUT2D eigenvalue weighted by Crippen LogP contribution is -1.90. The van der Waals surface area contributed by atoms with Crippen LogP contribution in [0.15, 0.2) is 27.6 Å². The highest BCUT2D eigenvalue weighted by Crippen LogP contribution is 2.30. The van der Waals surface area contributed by atoms with E-state index in [1.165, 1.54) is 0 Å². The Balaban J connectivity index is 2.70. The van der Waals surface area contributed by atoms with Crippen molar-refractivity contribution in [3.63, 3.8) is 0 Å². The number of thioether (sulfide) groups is 1. The highest BCUT2D eigenvalue weighted by Gasteiger charge is 2.02. The molecule has 0 bridgehead atoms. The third kappa shape index (κ3) is 3.92. The Kier molecular flexibility index (Phi) is 4.63. The van der Waals surface area contributed by atoms with Gasteiger partial charge in [0, 0.05) is 15.1 Å². The van der Waals surface area contributed by atoms with Gasteiger partial charge in [0.05, 0.1) is 5.02 Å². The number of hydrogen-bond donors (Lipinski definition) is 0. The molecule has 0 N–H and O–H groups in total. The van der Waals surface area contributed by atoms with Crippen LogP contribution >= 0.6 is 39.3 Å². The summed E-state index contributed by atoms with van der Waals surface area (Å²) in [6.45, 7) is 4.41. The lowest BCUT2D eigenvalue weighted by Gasteiger charge is -2.06. The molecule has 3 heteroatoms. The summed E-state index contributed by atoms with van der Waals surface area (Å²) in [6.07, 6.45) is 0. The van der Waals surface area contributed by atoms with Crippen molar-refractivity contribution in [1.29, 1.82) is 0 Å². The summed E-state index contributed by atoms with van der Waals surface area (Å²) >= 11 is 11.3. The number of benzene rings is 1. The summed E-state index contributed by atoms with van der Waals surface area (Å²) in [5.74, 6) is 1.80. The molecule has 0 aliphatic rings. The second kappa shape index (κ2) is 5.28. The van der Waals surface area contributed by atoms with Crippen LogP contribution in [0.4, 0.5) is 0 Å². The maximum absolute atomic E-state index is 6.04. The van der Waals surface area contributed by atoms with E-state index in [1.54, 1.807) is 0 Å². The van der Waals surface area contributed by atoms with Gasteiger partial charge in [0.15, 0.2) is 0 Å². The summed E-state index contributed by atoms with van der Waals surface area (Å²) in [5, 5.41) is 0.842. The smallest absolute Gasteiger partial charge is 0.0542 e. The second-order valence-electron chi connectivity index (χ2n) is 3.28. The predicted molar refractivity (Wildman–Crippen MR) is 64.7 cm³/mol. The highest BCUT2D eigenvalue weighted by molar-refractivity contribution is 9.10. The zero-order valence-electron chi connectivity index (χ0n) is 7.68. The molecule has 13 heavy (non-hydrogen) atoms. The van der Waals surface area contributed by atoms with E-state index in [0.717, 1.165) is 20.1 Å². The topological polar surface area (TPSA) is 0 Å². The van der Waals surface area contributed by atoms with Crippen LogP contribution in [-0.4, -0.2) is 5.75 Å². The first-order valence-electron chi connectivity index (χ1n) is 4.17. The summed E-state index contributed by atoms with van der Waals surface area (Å²) < 4.78 is 1.09. The van der Waals surface area contributed by atoms with Crippen molar-refractivity contribution < 1.29 is 0 Å². The zero-order chi connectivity index (χ0) is 9.84. The lowest BCUT2D eigenvalue weighted by molar-refractivity contribution is 0.750. The fraction of sp³-hybridized carbons (Fsp3) is 0.400. The van der Waals surface area contributed by atoms with Crippen molar-refractivity contribution in [2.45, 2.75) is 18.7 Å². The Labute approximate surface area is 97.2 Å². The van der Waals surface area contributed by atoms with Gasteiger partial charge in [-0.1, -0.05) is 41.4 Å². The zero-order valence-corrected chi connectivity index (χ0v) is 10.8. The minimum absolute atomic E-state index is 0.694. The molecule has 0 fully saturated rings. The van der Waals surface area contributed by atoms with Crippen molar-refractivity contribution in [3.05, 3.63) is 27.7 Å². The Morgan fingerprint density at radius 3 is 2.77 bits per heavy atom. The molecule has 0 heterocycles. The molecule has 1 rings (SSSR count). The van der Waals surface area contributed by atoms with Gasteiger partial charge >= 0.3 is 0 Å². The molecule has 0 saturated carbocycles. The minimum Gasteiger partial charge on any atom is -0.124 e. The van der Waals surface area contributed by atoms with Crippen molar-refractivity contribution in [2.24, 2.45) is 5.92 Å². The average Bonchev–Trinajstić information content (AvgIpc) is 2.06. The molecule has 0 aliphatic heterocycles. The summed E-state index contributed by atoms with van der Waals surface area (Å²) in [7, 11) is 0. The van der Waals surface area contributed by atoms with Crippen LogP contribution in [0.2, 0.25) is 5.02 Å². The maximum atomic E-state index is 6.04. The van der Waals surface area contributed by atoms with Crippen LogP contribution in [0.25, 0.3) is 0 Å². The molecular weight excluding hydrogens is 268 g/mol. The van der Waals surface area contributed by atoms with E-state index >= 15 is 0 Å². The van der Waals surface area contributed by atoms with E-state index in [-0.39, 0.29) is 0 Å². The monoisotopic (exact) mass is 278 g/mol. The quantitative estimate of drug-likeness (QED) is 0.713. The van der Waals surface area contributed by atoms with Crippen LogP contribution in [0.1, 0.15) is 13.8 Å². The third-order valence-corrected chi connectivity index (χ3v) is 3.88. The SMILES string of the molecule is CC(C)CSc1cc(Br)ccc1Cl. The van der Waals surface area contributed by atoms with Crippen LogP contribution < -0.4 is 0 Å². The van der Waals surface area contributed by atoms with Gasteiger partial charge in [-0.25, -0.2) is 0 Å². The van der Waals surface area contributed by atoms with Crippen LogP contribution in [0, 0.1) is 5.92 Å². The van der Waals surface area contributed by atoms with Gasteiger partial charge in [-0.15, -0.1) is 11.8 Å². The van der Waals surface area contributed by atoms with Gasteiger partial charge in [-0.05, 0) is 24.1 Å². The third-order valence-electron chi connectivity index (χ3n) is 1.47. The average molecular weight is 280 g/mol. The highest BCUT2D eigenvalue weighted by atomic mass is 79.9. The molecule has 1 aromatic carbocycles. The molecular formula is C10H12BrClS. The van der Waals surface area contributed by atoms with E-state index in [9.17, 15) is 0 Å². The normalized spacial score (nSPS) is 10.8. The van der Waals surface area contributed by atoms with Crippen molar-refractivity contribution >= 4 is 39.3 Å². The molecule has 0 radical (unpaired) electrons. The molecule has 0 amide bonds. The molecule has 0 atom stereocenters. The maximum Gasteiger partial charge on any atom is 0.0542 e. The first kappa shape index (κ1) is 11.4. The minimum atomic E-state index is 0.694. The summed E-state index contributed by atoms with van der Waals surface area (Å²) in [5.41, 5.74) is 0. The van der Waals surface area contributed by atoms with Gasteiger partial charge in [0.25, 0.3) is 0 Å². The van der Waals surface area contributed by atoms with Gasteiger partial charge < -0.3 is 0 Å². The molecule has 0 saturated heterocycles. The fourth-order valence-electron chi connectivity index (χ4n) is 0.844. The first-order chi connectivity index (χ1) is 6.09.